The summed E-state index contributed by atoms with van der Waals surface area (Å²) in [6.07, 6.45) is -1.15. The molecule has 0 radical (unpaired) electrons. The van der Waals surface area contributed by atoms with Crippen LogP contribution in [0.2, 0.25) is 0 Å². The third-order valence-electron chi connectivity index (χ3n) is 4.39. The van der Waals surface area contributed by atoms with Crippen molar-refractivity contribution < 1.29 is 9.90 Å². The van der Waals surface area contributed by atoms with E-state index in [1.807, 2.05) is 105 Å². The van der Waals surface area contributed by atoms with Crippen LogP contribution in [-0.2, 0) is 0 Å². The SMILES string of the molecule is CC(C)N(C(=O)[O-])[P+](c1ccccc1)(c1ccccc1)c1ccccc1. The van der Waals surface area contributed by atoms with Crippen LogP contribution in [0.3, 0.4) is 0 Å². The summed E-state index contributed by atoms with van der Waals surface area (Å²) in [6.45, 7) is 3.80. The molecule has 3 rings (SSSR count). The van der Waals surface area contributed by atoms with Gasteiger partial charge in [-0.05, 0) is 50.2 Å². The smallest absolute Gasteiger partial charge is 0.203 e. The minimum absolute atomic E-state index is 0.228. The molecule has 0 aliphatic carbocycles. The van der Waals surface area contributed by atoms with Crippen LogP contribution in [0.4, 0.5) is 4.79 Å². The van der Waals surface area contributed by atoms with E-state index >= 15 is 0 Å². The fourth-order valence-corrected chi connectivity index (χ4v) is 7.82. The largest absolute Gasteiger partial charge is 0.527 e. The Morgan fingerprint density at radius 3 is 1.27 bits per heavy atom. The summed E-state index contributed by atoms with van der Waals surface area (Å²) in [4.78, 5) is 12.4. The van der Waals surface area contributed by atoms with E-state index in [2.05, 4.69) is 0 Å². The molecule has 0 aromatic heterocycles. The summed E-state index contributed by atoms with van der Waals surface area (Å²) < 4.78 is 1.55. The van der Waals surface area contributed by atoms with Gasteiger partial charge in [0.1, 0.15) is 15.9 Å². The summed E-state index contributed by atoms with van der Waals surface area (Å²) in [6, 6.07) is 29.5. The molecule has 3 nitrogen and oxygen atoms in total. The van der Waals surface area contributed by atoms with Gasteiger partial charge in [-0.25, -0.2) is 4.67 Å². The molecule has 0 saturated heterocycles. The Labute approximate surface area is 155 Å². The maximum Gasteiger partial charge on any atom is 0.203 e. The van der Waals surface area contributed by atoms with Crippen molar-refractivity contribution in [3.63, 3.8) is 0 Å². The molecule has 0 fully saturated rings. The fourth-order valence-electron chi connectivity index (χ4n) is 3.43. The molecule has 0 unspecified atom stereocenters. The van der Waals surface area contributed by atoms with Crippen LogP contribution in [-0.4, -0.2) is 16.8 Å². The highest BCUT2D eigenvalue weighted by atomic mass is 31.2. The first kappa shape index (κ1) is 18.2. The second kappa shape index (κ2) is 7.72. The van der Waals surface area contributed by atoms with Gasteiger partial charge in [-0.15, -0.1) is 0 Å². The zero-order valence-electron chi connectivity index (χ0n) is 14.9. The molecule has 0 saturated carbocycles. The Bertz CT molecular complexity index is 754. The molecule has 3 aromatic carbocycles. The Hall–Kier alpha value is -2.64. The Kier molecular flexibility index (Phi) is 5.39. The fraction of sp³-hybridized carbons (Fsp3) is 0.136. The minimum atomic E-state index is -2.60. The highest BCUT2D eigenvalue weighted by Gasteiger charge is 2.52. The lowest BCUT2D eigenvalue weighted by molar-refractivity contribution is -0.260. The van der Waals surface area contributed by atoms with Gasteiger partial charge in [0.2, 0.25) is 7.41 Å². The van der Waals surface area contributed by atoms with Crippen LogP contribution < -0.4 is 21.0 Å². The average molecular weight is 363 g/mol. The van der Waals surface area contributed by atoms with Crippen LogP contribution in [0.5, 0.6) is 0 Å². The van der Waals surface area contributed by atoms with E-state index in [-0.39, 0.29) is 6.04 Å². The number of hydrogen-bond acceptors (Lipinski definition) is 2. The summed E-state index contributed by atoms with van der Waals surface area (Å²) in [5.41, 5.74) is 0. The maximum absolute atomic E-state index is 12.4. The quantitative estimate of drug-likeness (QED) is 0.654. The van der Waals surface area contributed by atoms with Gasteiger partial charge < -0.3 is 9.90 Å². The van der Waals surface area contributed by atoms with Gasteiger partial charge in [0.15, 0.2) is 6.09 Å². The van der Waals surface area contributed by atoms with Crippen molar-refractivity contribution in [2.45, 2.75) is 19.9 Å². The van der Waals surface area contributed by atoms with Gasteiger partial charge in [-0.3, -0.25) is 0 Å². The molecule has 4 heteroatoms. The molecule has 3 aromatic rings. The number of carboxylic acid groups (broad SMARTS) is 1. The first-order chi connectivity index (χ1) is 12.6. The van der Waals surface area contributed by atoms with Crippen molar-refractivity contribution >= 4 is 29.4 Å². The molecule has 0 spiro atoms. The van der Waals surface area contributed by atoms with Crippen molar-refractivity contribution in [1.82, 2.24) is 4.67 Å². The molecule has 0 atom stereocenters. The summed E-state index contributed by atoms with van der Waals surface area (Å²) in [5.74, 6) is 0. The number of hydrogen-bond donors (Lipinski definition) is 0. The predicted octanol–water partition coefficient (Wildman–Crippen LogP) is 2.95. The van der Waals surface area contributed by atoms with E-state index < -0.39 is 13.5 Å². The Balaban J connectivity index is 2.45. The van der Waals surface area contributed by atoms with Crippen molar-refractivity contribution in [2.75, 3.05) is 0 Å². The molecular weight excluding hydrogens is 341 g/mol. The average Bonchev–Trinajstić information content (AvgIpc) is 2.67. The Morgan fingerprint density at radius 1 is 0.731 bits per heavy atom. The molecule has 26 heavy (non-hydrogen) atoms. The lowest BCUT2D eigenvalue weighted by atomic mass is 10.4. The van der Waals surface area contributed by atoms with E-state index in [9.17, 15) is 9.90 Å². The number of benzene rings is 3. The molecule has 0 N–H and O–H groups in total. The summed E-state index contributed by atoms with van der Waals surface area (Å²) in [7, 11) is -2.60. The summed E-state index contributed by atoms with van der Waals surface area (Å²) in [5, 5.41) is 15.3. The van der Waals surface area contributed by atoms with Gasteiger partial charge in [0, 0.05) is 0 Å². The molecular formula is C22H22NO2P. The monoisotopic (exact) mass is 363 g/mol. The number of nitrogens with zero attached hydrogens (tertiary/aromatic N) is 1. The van der Waals surface area contributed by atoms with Crippen molar-refractivity contribution in [3.8, 4) is 0 Å². The number of carbonyl (C=O) groups is 1. The van der Waals surface area contributed by atoms with Crippen molar-refractivity contribution in [1.29, 1.82) is 0 Å². The summed E-state index contributed by atoms with van der Waals surface area (Å²) >= 11 is 0. The van der Waals surface area contributed by atoms with Gasteiger partial charge in [-0.2, -0.15) is 0 Å². The number of rotatable bonds is 5. The van der Waals surface area contributed by atoms with E-state index in [4.69, 9.17) is 0 Å². The van der Waals surface area contributed by atoms with E-state index in [0.717, 1.165) is 15.9 Å². The molecule has 0 aliphatic heterocycles. The standard InChI is InChI=1S/C22H22NO2P/c1-18(2)23(22(24)25)26(19-12-6-3-7-13-19,20-14-8-4-9-15-20)21-16-10-5-11-17-21/h3-18H,1-2H3. The van der Waals surface area contributed by atoms with Gasteiger partial charge in [-0.1, -0.05) is 54.6 Å². The van der Waals surface area contributed by atoms with Gasteiger partial charge in [0.25, 0.3) is 0 Å². The molecule has 1 amide bonds. The zero-order valence-corrected chi connectivity index (χ0v) is 15.8. The minimum Gasteiger partial charge on any atom is -0.527 e. The number of amides is 1. The van der Waals surface area contributed by atoms with Crippen LogP contribution in [0, 0.1) is 0 Å². The lowest BCUT2D eigenvalue weighted by Gasteiger charge is -2.40. The zero-order chi connectivity index (χ0) is 18.6. The maximum atomic E-state index is 12.4. The first-order valence-corrected chi connectivity index (χ1v) is 10.4. The van der Waals surface area contributed by atoms with Gasteiger partial charge >= 0.3 is 0 Å². The van der Waals surface area contributed by atoms with Crippen LogP contribution >= 0.6 is 7.41 Å². The predicted molar refractivity (Wildman–Crippen MR) is 108 cm³/mol. The second-order valence-electron chi connectivity index (χ2n) is 6.35. The lowest BCUT2D eigenvalue weighted by Crippen LogP contribution is -2.53. The van der Waals surface area contributed by atoms with Crippen LogP contribution in [0.25, 0.3) is 0 Å². The topological polar surface area (TPSA) is 43.4 Å². The van der Waals surface area contributed by atoms with E-state index in [1.54, 1.807) is 4.67 Å². The third-order valence-corrected chi connectivity index (χ3v) is 8.80. The van der Waals surface area contributed by atoms with Gasteiger partial charge in [0.05, 0.1) is 6.04 Å². The number of carbonyl (C=O) groups excluding carboxylic acids is 1. The van der Waals surface area contributed by atoms with Crippen LogP contribution in [0.15, 0.2) is 91.0 Å². The first-order valence-electron chi connectivity index (χ1n) is 8.65. The third kappa shape index (κ3) is 3.11. The normalized spacial score (nSPS) is 11.3. The van der Waals surface area contributed by atoms with E-state index in [0.29, 0.717) is 0 Å². The van der Waals surface area contributed by atoms with E-state index in [1.165, 1.54) is 0 Å². The molecule has 0 heterocycles. The van der Waals surface area contributed by atoms with Crippen molar-refractivity contribution in [2.24, 2.45) is 0 Å². The molecule has 0 aliphatic rings. The molecule has 132 valence electrons. The second-order valence-corrected chi connectivity index (χ2v) is 9.60. The highest BCUT2D eigenvalue weighted by Crippen LogP contribution is 2.59. The molecule has 0 bridgehead atoms. The highest BCUT2D eigenvalue weighted by molar-refractivity contribution is 7.94. The van der Waals surface area contributed by atoms with Crippen LogP contribution in [0.1, 0.15) is 13.8 Å². The van der Waals surface area contributed by atoms with Crippen molar-refractivity contribution in [3.05, 3.63) is 91.0 Å². The Morgan fingerprint density at radius 2 is 1.04 bits per heavy atom.